The third-order valence-corrected chi connectivity index (χ3v) is 7.31. The van der Waals surface area contributed by atoms with Crippen LogP contribution >= 0.6 is 11.6 Å². The Bertz CT molecular complexity index is 1850. The molecule has 0 unspecified atom stereocenters. The van der Waals surface area contributed by atoms with Crippen LogP contribution < -0.4 is 0 Å². The van der Waals surface area contributed by atoms with Crippen molar-refractivity contribution in [3.05, 3.63) is 138 Å². The van der Waals surface area contributed by atoms with Gasteiger partial charge in [0.15, 0.2) is 0 Å². The summed E-state index contributed by atoms with van der Waals surface area (Å²) in [5, 5.41) is 5.69. The monoisotopic (exact) mass is 479 g/mol. The second kappa shape index (κ2) is 8.41. The molecule has 0 amide bonds. The molecule has 36 heavy (non-hydrogen) atoms. The smallest absolute Gasteiger partial charge is 0.0541 e. The molecule has 0 atom stereocenters. The van der Waals surface area contributed by atoms with Gasteiger partial charge in [-0.25, -0.2) is 0 Å². The minimum Gasteiger partial charge on any atom is -0.309 e. The Hall–Kier alpha value is -4.33. The van der Waals surface area contributed by atoms with Gasteiger partial charge in [-0.3, -0.25) is 0 Å². The summed E-state index contributed by atoms with van der Waals surface area (Å²) in [6.07, 6.45) is 0. The standard InChI is InChI=1S/C34H22ClN/c35-24-20-21-27(31(22-24)26-16-9-11-23-10-1-2-12-25(23)26)28-13-3-6-17-32(28)36-33-18-7-4-14-29(33)30-15-5-8-19-34(30)36/h1-22H. The first-order valence-corrected chi connectivity index (χ1v) is 12.5. The van der Waals surface area contributed by atoms with Crippen molar-refractivity contribution >= 4 is 44.2 Å². The van der Waals surface area contributed by atoms with Crippen molar-refractivity contribution in [3.8, 4) is 27.9 Å². The fourth-order valence-corrected chi connectivity index (χ4v) is 5.69. The lowest BCUT2D eigenvalue weighted by molar-refractivity contribution is 1.18. The molecule has 7 aromatic rings. The predicted molar refractivity (Wildman–Crippen MR) is 154 cm³/mol. The molecule has 0 aliphatic rings. The summed E-state index contributed by atoms with van der Waals surface area (Å²) in [7, 11) is 0. The minimum atomic E-state index is 0.732. The largest absolute Gasteiger partial charge is 0.309 e. The molecule has 0 saturated heterocycles. The summed E-state index contributed by atoms with van der Waals surface area (Å²) in [5.41, 5.74) is 8.20. The summed E-state index contributed by atoms with van der Waals surface area (Å²) in [6.45, 7) is 0. The zero-order valence-corrected chi connectivity index (χ0v) is 20.3. The van der Waals surface area contributed by atoms with E-state index in [0.29, 0.717) is 0 Å². The van der Waals surface area contributed by atoms with Gasteiger partial charge >= 0.3 is 0 Å². The quantitative estimate of drug-likeness (QED) is 0.237. The van der Waals surface area contributed by atoms with E-state index in [4.69, 9.17) is 11.6 Å². The van der Waals surface area contributed by atoms with Gasteiger partial charge in [0, 0.05) is 21.4 Å². The highest BCUT2D eigenvalue weighted by Gasteiger charge is 2.18. The van der Waals surface area contributed by atoms with E-state index in [9.17, 15) is 0 Å². The molecule has 170 valence electrons. The van der Waals surface area contributed by atoms with E-state index in [0.717, 1.165) is 21.8 Å². The zero-order chi connectivity index (χ0) is 24.1. The molecule has 0 bridgehead atoms. The number of halogens is 1. The number of hydrogen-bond acceptors (Lipinski definition) is 0. The molecule has 1 aromatic heterocycles. The van der Waals surface area contributed by atoms with Gasteiger partial charge in [0.2, 0.25) is 0 Å². The maximum absolute atomic E-state index is 6.60. The molecule has 0 saturated carbocycles. The molecule has 0 radical (unpaired) electrons. The fourth-order valence-electron chi connectivity index (χ4n) is 5.51. The third-order valence-electron chi connectivity index (χ3n) is 7.08. The number of hydrogen-bond donors (Lipinski definition) is 0. The van der Waals surface area contributed by atoms with Crippen LogP contribution in [0.3, 0.4) is 0 Å². The van der Waals surface area contributed by atoms with Crippen molar-refractivity contribution in [3.63, 3.8) is 0 Å². The molecule has 0 aliphatic carbocycles. The Labute approximate surface area is 214 Å². The summed E-state index contributed by atoms with van der Waals surface area (Å²) >= 11 is 6.60. The first kappa shape index (κ1) is 21.0. The molecule has 2 heteroatoms. The van der Waals surface area contributed by atoms with E-state index in [2.05, 4.69) is 132 Å². The molecule has 6 aromatic carbocycles. The molecule has 0 aliphatic heterocycles. The van der Waals surface area contributed by atoms with Crippen LogP contribution in [-0.2, 0) is 0 Å². The van der Waals surface area contributed by atoms with Crippen molar-refractivity contribution in [2.24, 2.45) is 0 Å². The third kappa shape index (κ3) is 3.25. The maximum Gasteiger partial charge on any atom is 0.0541 e. The molecule has 7 rings (SSSR count). The first-order valence-electron chi connectivity index (χ1n) is 12.2. The SMILES string of the molecule is Clc1ccc(-c2ccccc2-n2c3ccccc3c3ccccc32)c(-c2cccc3ccccc23)c1. The number of rotatable bonds is 3. The van der Waals surface area contributed by atoms with Crippen molar-refractivity contribution < 1.29 is 0 Å². The highest BCUT2D eigenvalue weighted by atomic mass is 35.5. The number of nitrogens with zero attached hydrogens (tertiary/aromatic N) is 1. The van der Waals surface area contributed by atoms with Gasteiger partial charge in [0.1, 0.15) is 0 Å². The minimum absolute atomic E-state index is 0.732. The van der Waals surface area contributed by atoms with Crippen molar-refractivity contribution in [1.82, 2.24) is 4.57 Å². The van der Waals surface area contributed by atoms with Crippen LogP contribution in [0.4, 0.5) is 0 Å². The van der Waals surface area contributed by atoms with E-state index in [-0.39, 0.29) is 0 Å². The average molecular weight is 480 g/mol. The van der Waals surface area contributed by atoms with Crippen molar-refractivity contribution in [2.75, 3.05) is 0 Å². The summed E-state index contributed by atoms with van der Waals surface area (Å²) in [6, 6.07) is 47.2. The van der Waals surface area contributed by atoms with Gasteiger partial charge in [-0.2, -0.15) is 0 Å². The number of aromatic nitrogens is 1. The Morgan fingerprint density at radius 2 is 1.00 bits per heavy atom. The van der Waals surface area contributed by atoms with Gasteiger partial charge in [-0.05, 0) is 57.8 Å². The Balaban J connectivity index is 1.56. The highest BCUT2D eigenvalue weighted by Crippen LogP contribution is 2.42. The Kier molecular flexibility index (Phi) is 4.90. The molecular weight excluding hydrogens is 458 g/mol. The van der Waals surface area contributed by atoms with Crippen molar-refractivity contribution in [2.45, 2.75) is 0 Å². The van der Waals surface area contributed by atoms with Crippen LogP contribution in [-0.4, -0.2) is 4.57 Å². The molecule has 1 nitrogen and oxygen atoms in total. The normalized spacial score (nSPS) is 11.5. The molecule has 0 N–H and O–H groups in total. The van der Waals surface area contributed by atoms with E-state index in [1.165, 1.54) is 43.7 Å². The van der Waals surface area contributed by atoms with Gasteiger partial charge in [0.25, 0.3) is 0 Å². The number of fused-ring (bicyclic) bond motifs is 4. The number of benzene rings is 6. The zero-order valence-electron chi connectivity index (χ0n) is 19.5. The van der Waals surface area contributed by atoms with Gasteiger partial charge in [-0.15, -0.1) is 0 Å². The first-order chi connectivity index (χ1) is 17.8. The predicted octanol–water partition coefficient (Wildman–Crippen LogP) is 9.92. The van der Waals surface area contributed by atoms with Gasteiger partial charge in [-0.1, -0.05) is 115 Å². The lowest BCUT2D eigenvalue weighted by Gasteiger charge is -2.18. The van der Waals surface area contributed by atoms with Crippen LogP contribution in [0.5, 0.6) is 0 Å². The lowest BCUT2D eigenvalue weighted by Crippen LogP contribution is -1.98. The summed E-state index contributed by atoms with van der Waals surface area (Å²) < 4.78 is 2.39. The van der Waals surface area contributed by atoms with E-state index in [1.54, 1.807) is 0 Å². The molecule has 1 heterocycles. The van der Waals surface area contributed by atoms with Crippen LogP contribution in [0.25, 0.3) is 60.5 Å². The van der Waals surface area contributed by atoms with Crippen LogP contribution in [0.1, 0.15) is 0 Å². The highest BCUT2D eigenvalue weighted by molar-refractivity contribution is 6.31. The second-order valence-electron chi connectivity index (χ2n) is 9.10. The van der Waals surface area contributed by atoms with Crippen LogP contribution in [0.2, 0.25) is 5.02 Å². The van der Waals surface area contributed by atoms with E-state index < -0.39 is 0 Å². The van der Waals surface area contributed by atoms with Crippen LogP contribution in [0, 0.1) is 0 Å². The van der Waals surface area contributed by atoms with E-state index in [1.807, 2.05) is 6.07 Å². The average Bonchev–Trinajstić information content (AvgIpc) is 3.27. The Morgan fingerprint density at radius 3 is 1.78 bits per heavy atom. The molecule has 0 fully saturated rings. The maximum atomic E-state index is 6.60. The van der Waals surface area contributed by atoms with Gasteiger partial charge in [0.05, 0.1) is 16.7 Å². The van der Waals surface area contributed by atoms with Crippen molar-refractivity contribution in [1.29, 1.82) is 0 Å². The van der Waals surface area contributed by atoms with E-state index >= 15 is 0 Å². The van der Waals surface area contributed by atoms with Crippen LogP contribution in [0.15, 0.2) is 133 Å². The molecule has 0 spiro atoms. The fraction of sp³-hybridized carbons (Fsp3) is 0. The molecular formula is C34H22ClN. The lowest BCUT2D eigenvalue weighted by atomic mass is 9.90. The topological polar surface area (TPSA) is 4.93 Å². The summed E-state index contributed by atoms with van der Waals surface area (Å²) in [4.78, 5) is 0. The second-order valence-corrected chi connectivity index (χ2v) is 9.54. The van der Waals surface area contributed by atoms with Gasteiger partial charge < -0.3 is 4.57 Å². The Morgan fingerprint density at radius 1 is 0.417 bits per heavy atom. The number of para-hydroxylation sites is 3. The summed E-state index contributed by atoms with van der Waals surface area (Å²) in [5.74, 6) is 0.